The molecule has 1 atom stereocenters. The van der Waals surface area contributed by atoms with Gasteiger partial charge in [-0.15, -0.1) is 0 Å². The van der Waals surface area contributed by atoms with Gasteiger partial charge >= 0.3 is 0 Å². The second kappa shape index (κ2) is 5.95. The molecule has 0 aromatic heterocycles. The normalized spacial score (nSPS) is 16.4. The minimum absolute atomic E-state index is 0.159. The van der Waals surface area contributed by atoms with Crippen molar-refractivity contribution >= 4 is 17.3 Å². The summed E-state index contributed by atoms with van der Waals surface area (Å²) in [6.45, 7) is 6.59. The maximum absolute atomic E-state index is 12.5. The third-order valence-electron chi connectivity index (χ3n) is 3.83. The summed E-state index contributed by atoms with van der Waals surface area (Å²) in [6.07, 6.45) is 2.25. The molecule has 0 bridgehead atoms. The van der Waals surface area contributed by atoms with Crippen LogP contribution in [0.3, 0.4) is 0 Å². The van der Waals surface area contributed by atoms with Crippen molar-refractivity contribution in [1.29, 1.82) is 0 Å². The summed E-state index contributed by atoms with van der Waals surface area (Å²) < 4.78 is 0. The molecule has 1 aliphatic heterocycles. The maximum Gasteiger partial charge on any atom is 0.244 e. The lowest BCUT2D eigenvalue weighted by molar-refractivity contribution is -0.131. The number of carbonyl (C=O) groups is 1. The standard InChI is InChI=1S/C15H23N3O/c1-3-18(14-9-5-4-8-13(14)16)12(2)15(19)17-10-6-7-11-17/h4-5,8-9,12H,3,6-7,10-11,16H2,1-2H3. The molecule has 2 N–H and O–H groups in total. The van der Waals surface area contributed by atoms with Gasteiger partial charge in [0.25, 0.3) is 0 Å². The first-order valence-electron chi connectivity index (χ1n) is 7.05. The Morgan fingerprint density at radius 2 is 2.00 bits per heavy atom. The number of amides is 1. The number of nitrogens with two attached hydrogens (primary N) is 1. The third kappa shape index (κ3) is 2.83. The van der Waals surface area contributed by atoms with Gasteiger partial charge < -0.3 is 15.5 Å². The van der Waals surface area contributed by atoms with Gasteiger partial charge in [0.15, 0.2) is 0 Å². The Morgan fingerprint density at radius 1 is 1.37 bits per heavy atom. The average Bonchev–Trinajstić information content (AvgIpc) is 2.94. The molecule has 1 aromatic carbocycles. The minimum atomic E-state index is -0.159. The second-order valence-corrected chi connectivity index (χ2v) is 5.05. The number of nitrogen functional groups attached to an aromatic ring is 1. The number of benzene rings is 1. The molecule has 1 aliphatic rings. The second-order valence-electron chi connectivity index (χ2n) is 5.05. The summed E-state index contributed by atoms with van der Waals surface area (Å²) in [5.74, 6) is 0.211. The number of likely N-dealkylation sites (tertiary alicyclic amines) is 1. The summed E-state index contributed by atoms with van der Waals surface area (Å²) in [4.78, 5) is 16.5. The van der Waals surface area contributed by atoms with Gasteiger partial charge in [-0.1, -0.05) is 12.1 Å². The topological polar surface area (TPSA) is 49.6 Å². The summed E-state index contributed by atoms with van der Waals surface area (Å²) in [5, 5.41) is 0. The summed E-state index contributed by atoms with van der Waals surface area (Å²) in [5.41, 5.74) is 7.70. The third-order valence-corrected chi connectivity index (χ3v) is 3.83. The van der Waals surface area contributed by atoms with E-state index < -0.39 is 0 Å². The number of likely N-dealkylation sites (N-methyl/N-ethyl adjacent to an activating group) is 1. The smallest absolute Gasteiger partial charge is 0.244 e. The lowest BCUT2D eigenvalue weighted by Crippen LogP contribution is -2.46. The van der Waals surface area contributed by atoms with E-state index in [2.05, 4.69) is 11.8 Å². The summed E-state index contributed by atoms with van der Waals surface area (Å²) in [7, 11) is 0. The van der Waals surface area contributed by atoms with Crippen LogP contribution in [0, 0.1) is 0 Å². The molecule has 0 spiro atoms. The van der Waals surface area contributed by atoms with Gasteiger partial charge in [-0.2, -0.15) is 0 Å². The van der Waals surface area contributed by atoms with Crippen molar-refractivity contribution < 1.29 is 4.79 Å². The van der Waals surface area contributed by atoms with Crippen molar-refractivity contribution in [3.8, 4) is 0 Å². The Hall–Kier alpha value is -1.71. The molecule has 104 valence electrons. The van der Waals surface area contributed by atoms with Gasteiger partial charge in [0.05, 0.1) is 11.4 Å². The Morgan fingerprint density at radius 3 is 2.58 bits per heavy atom. The molecule has 0 saturated carbocycles. The first kappa shape index (κ1) is 13.7. The number of para-hydroxylation sites is 2. The van der Waals surface area contributed by atoms with E-state index in [1.165, 1.54) is 0 Å². The highest BCUT2D eigenvalue weighted by atomic mass is 16.2. The number of anilines is 2. The SMILES string of the molecule is CCN(c1ccccc1N)C(C)C(=O)N1CCCC1. The van der Waals surface area contributed by atoms with Crippen LogP contribution in [0.2, 0.25) is 0 Å². The van der Waals surface area contributed by atoms with E-state index >= 15 is 0 Å². The number of nitrogens with zero attached hydrogens (tertiary/aromatic N) is 2. The van der Waals surface area contributed by atoms with E-state index in [0.29, 0.717) is 0 Å². The zero-order valence-electron chi connectivity index (χ0n) is 11.8. The summed E-state index contributed by atoms with van der Waals surface area (Å²) in [6, 6.07) is 7.58. The Labute approximate surface area is 115 Å². The molecule has 0 radical (unpaired) electrons. The predicted octanol–water partition coefficient (Wildman–Crippen LogP) is 2.11. The van der Waals surface area contributed by atoms with Crippen molar-refractivity contribution in [3.05, 3.63) is 24.3 Å². The first-order valence-corrected chi connectivity index (χ1v) is 7.05. The zero-order valence-corrected chi connectivity index (χ0v) is 11.8. The van der Waals surface area contributed by atoms with E-state index in [-0.39, 0.29) is 11.9 Å². The zero-order chi connectivity index (χ0) is 13.8. The molecule has 19 heavy (non-hydrogen) atoms. The van der Waals surface area contributed by atoms with Crippen molar-refractivity contribution in [2.45, 2.75) is 32.7 Å². The predicted molar refractivity (Wildman–Crippen MR) is 79.2 cm³/mol. The molecule has 4 heteroatoms. The molecule has 1 amide bonds. The minimum Gasteiger partial charge on any atom is -0.397 e. The fourth-order valence-electron chi connectivity index (χ4n) is 2.74. The largest absolute Gasteiger partial charge is 0.397 e. The highest BCUT2D eigenvalue weighted by Crippen LogP contribution is 2.25. The van der Waals surface area contributed by atoms with Crippen LogP contribution in [0.5, 0.6) is 0 Å². The Balaban J connectivity index is 2.17. The van der Waals surface area contributed by atoms with Crippen LogP contribution in [0.1, 0.15) is 26.7 Å². The van der Waals surface area contributed by atoms with E-state index in [4.69, 9.17) is 5.73 Å². The number of hydrogen-bond acceptors (Lipinski definition) is 3. The van der Waals surface area contributed by atoms with Gasteiger partial charge in [-0.05, 0) is 38.8 Å². The molecule has 1 fully saturated rings. The fraction of sp³-hybridized carbons (Fsp3) is 0.533. The van der Waals surface area contributed by atoms with Crippen LogP contribution in [0.15, 0.2) is 24.3 Å². The highest BCUT2D eigenvalue weighted by Gasteiger charge is 2.27. The number of hydrogen-bond donors (Lipinski definition) is 1. The first-order chi connectivity index (χ1) is 9.15. The molecule has 1 aromatic rings. The van der Waals surface area contributed by atoms with Crippen LogP contribution in [-0.4, -0.2) is 36.5 Å². The van der Waals surface area contributed by atoms with Crippen LogP contribution >= 0.6 is 0 Å². The van der Waals surface area contributed by atoms with Crippen molar-refractivity contribution in [3.63, 3.8) is 0 Å². The maximum atomic E-state index is 12.5. The summed E-state index contributed by atoms with van der Waals surface area (Å²) >= 11 is 0. The molecule has 1 unspecified atom stereocenters. The number of rotatable bonds is 4. The number of carbonyl (C=O) groups excluding carboxylic acids is 1. The lowest BCUT2D eigenvalue weighted by atomic mass is 10.1. The molecule has 1 heterocycles. The van der Waals surface area contributed by atoms with Crippen molar-refractivity contribution in [2.75, 3.05) is 30.3 Å². The van der Waals surface area contributed by atoms with Crippen LogP contribution in [-0.2, 0) is 4.79 Å². The average molecular weight is 261 g/mol. The van der Waals surface area contributed by atoms with Crippen LogP contribution in [0.25, 0.3) is 0 Å². The van der Waals surface area contributed by atoms with Gasteiger partial charge in [0, 0.05) is 19.6 Å². The molecule has 1 saturated heterocycles. The van der Waals surface area contributed by atoms with Gasteiger partial charge in [0.2, 0.25) is 5.91 Å². The van der Waals surface area contributed by atoms with E-state index in [1.54, 1.807) is 0 Å². The lowest BCUT2D eigenvalue weighted by Gasteiger charge is -2.32. The van der Waals surface area contributed by atoms with Gasteiger partial charge in [-0.25, -0.2) is 0 Å². The van der Waals surface area contributed by atoms with Gasteiger partial charge in [0.1, 0.15) is 6.04 Å². The van der Waals surface area contributed by atoms with Gasteiger partial charge in [-0.3, -0.25) is 4.79 Å². The molecular weight excluding hydrogens is 238 g/mol. The monoisotopic (exact) mass is 261 g/mol. The Kier molecular flexibility index (Phi) is 4.30. The molecule has 4 nitrogen and oxygen atoms in total. The van der Waals surface area contributed by atoms with Crippen LogP contribution < -0.4 is 10.6 Å². The van der Waals surface area contributed by atoms with Crippen molar-refractivity contribution in [1.82, 2.24) is 4.90 Å². The fourth-order valence-corrected chi connectivity index (χ4v) is 2.74. The molecule has 0 aliphatic carbocycles. The van der Waals surface area contributed by atoms with E-state index in [9.17, 15) is 4.79 Å². The van der Waals surface area contributed by atoms with Crippen molar-refractivity contribution in [2.24, 2.45) is 0 Å². The molecule has 2 rings (SSSR count). The highest BCUT2D eigenvalue weighted by molar-refractivity contribution is 5.86. The quantitative estimate of drug-likeness (QED) is 0.844. The van der Waals surface area contributed by atoms with Crippen LogP contribution in [0.4, 0.5) is 11.4 Å². The Bertz CT molecular complexity index is 441. The van der Waals surface area contributed by atoms with E-state index in [0.717, 1.165) is 43.9 Å². The molecular formula is C15H23N3O. The van der Waals surface area contributed by atoms with E-state index in [1.807, 2.05) is 36.1 Å².